The summed E-state index contributed by atoms with van der Waals surface area (Å²) in [7, 11) is 0. The molecule has 2 fully saturated rings. The van der Waals surface area contributed by atoms with Crippen molar-refractivity contribution in [2.24, 2.45) is 11.8 Å². The third kappa shape index (κ3) is 1.96. The number of hydrogen-bond acceptors (Lipinski definition) is 3. The Bertz CT molecular complexity index is 461. The summed E-state index contributed by atoms with van der Waals surface area (Å²) in [5, 5.41) is 12.5. The van der Waals surface area contributed by atoms with Gasteiger partial charge in [-0.2, -0.15) is 0 Å². The van der Waals surface area contributed by atoms with Gasteiger partial charge in [-0.1, -0.05) is 12.8 Å². The molecule has 3 rings (SSSR count). The molecule has 2 saturated carbocycles. The quantitative estimate of drug-likeness (QED) is 0.860. The van der Waals surface area contributed by atoms with E-state index in [1.807, 2.05) is 0 Å². The van der Waals surface area contributed by atoms with Gasteiger partial charge in [-0.15, -0.1) is 0 Å². The molecule has 0 radical (unpaired) electrons. The molecule has 0 aromatic carbocycles. The van der Waals surface area contributed by atoms with E-state index in [0.29, 0.717) is 17.8 Å². The second kappa shape index (κ2) is 4.59. The van der Waals surface area contributed by atoms with Gasteiger partial charge in [-0.05, 0) is 43.2 Å². The molecule has 0 spiro atoms. The van der Waals surface area contributed by atoms with Crippen LogP contribution in [0.15, 0.2) is 18.3 Å². The van der Waals surface area contributed by atoms with Gasteiger partial charge in [-0.25, -0.2) is 9.78 Å². The Labute approximate surface area is 106 Å². The molecule has 1 heterocycles. The van der Waals surface area contributed by atoms with Crippen LogP contribution in [0.1, 0.15) is 42.5 Å². The van der Waals surface area contributed by atoms with E-state index in [4.69, 9.17) is 5.11 Å². The average molecular weight is 246 g/mol. The number of anilines is 1. The molecule has 18 heavy (non-hydrogen) atoms. The third-order valence-electron chi connectivity index (χ3n) is 4.44. The van der Waals surface area contributed by atoms with E-state index < -0.39 is 5.97 Å². The number of carboxylic acid groups (broad SMARTS) is 1. The minimum Gasteiger partial charge on any atom is -0.478 e. The molecule has 0 unspecified atom stereocenters. The zero-order valence-corrected chi connectivity index (χ0v) is 10.3. The molecular formula is C14H18N2O2. The highest BCUT2D eigenvalue weighted by Gasteiger charge is 2.39. The Morgan fingerprint density at radius 1 is 1.33 bits per heavy atom. The Kier molecular flexibility index (Phi) is 2.94. The van der Waals surface area contributed by atoms with Crippen molar-refractivity contribution in [1.29, 1.82) is 0 Å². The SMILES string of the molecule is O=C(O)c1cccnc1N[C@@H]1CC[C@H]2CCC[C@H]21. The number of aromatic nitrogens is 1. The van der Waals surface area contributed by atoms with E-state index in [-0.39, 0.29) is 5.56 Å². The number of fused-ring (bicyclic) bond motifs is 1. The first-order valence-electron chi connectivity index (χ1n) is 6.70. The Morgan fingerprint density at radius 2 is 2.22 bits per heavy atom. The molecule has 1 aromatic rings. The van der Waals surface area contributed by atoms with Gasteiger partial charge in [0.05, 0.1) is 0 Å². The van der Waals surface area contributed by atoms with Crippen LogP contribution in [0.3, 0.4) is 0 Å². The number of pyridine rings is 1. The van der Waals surface area contributed by atoms with Gasteiger partial charge >= 0.3 is 5.97 Å². The van der Waals surface area contributed by atoms with Gasteiger partial charge in [0.2, 0.25) is 0 Å². The maximum absolute atomic E-state index is 11.1. The smallest absolute Gasteiger partial charge is 0.339 e. The summed E-state index contributed by atoms with van der Waals surface area (Å²) in [6.07, 6.45) is 8.01. The second-order valence-corrected chi connectivity index (χ2v) is 5.39. The molecule has 1 aromatic heterocycles. The van der Waals surface area contributed by atoms with E-state index in [9.17, 15) is 4.79 Å². The van der Waals surface area contributed by atoms with Crippen LogP contribution in [0.5, 0.6) is 0 Å². The molecule has 4 heteroatoms. The summed E-state index contributed by atoms with van der Waals surface area (Å²) in [5.41, 5.74) is 0.277. The predicted molar refractivity (Wildman–Crippen MR) is 68.7 cm³/mol. The number of nitrogens with one attached hydrogen (secondary N) is 1. The van der Waals surface area contributed by atoms with Crippen LogP contribution >= 0.6 is 0 Å². The largest absolute Gasteiger partial charge is 0.478 e. The molecule has 0 bridgehead atoms. The van der Waals surface area contributed by atoms with Crippen molar-refractivity contribution in [2.75, 3.05) is 5.32 Å². The molecule has 3 atom stereocenters. The highest BCUT2D eigenvalue weighted by Crippen LogP contribution is 2.45. The molecule has 0 aliphatic heterocycles. The van der Waals surface area contributed by atoms with Crippen molar-refractivity contribution >= 4 is 11.8 Å². The van der Waals surface area contributed by atoms with E-state index in [1.54, 1.807) is 18.3 Å². The van der Waals surface area contributed by atoms with Crippen LogP contribution in [-0.4, -0.2) is 22.1 Å². The lowest BCUT2D eigenvalue weighted by molar-refractivity contribution is 0.0697. The zero-order chi connectivity index (χ0) is 12.5. The van der Waals surface area contributed by atoms with E-state index in [2.05, 4.69) is 10.3 Å². The number of carboxylic acids is 1. The number of nitrogens with zero attached hydrogens (tertiary/aromatic N) is 1. The number of rotatable bonds is 3. The molecule has 96 valence electrons. The number of carbonyl (C=O) groups is 1. The second-order valence-electron chi connectivity index (χ2n) is 5.39. The van der Waals surface area contributed by atoms with Crippen LogP contribution in [0.25, 0.3) is 0 Å². The van der Waals surface area contributed by atoms with Crippen molar-refractivity contribution in [3.05, 3.63) is 23.9 Å². The van der Waals surface area contributed by atoms with Gasteiger partial charge in [0, 0.05) is 12.2 Å². The fraction of sp³-hybridized carbons (Fsp3) is 0.571. The van der Waals surface area contributed by atoms with Crippen molar-refractivity contribution in [3.8, 4) is 0 Å². The number of aromatic carboxylic acids is 1. The summed E-state index contributed by atoms with van der Waals surface area (Å²) in [4.78, 5) is 15.3. The van der Waals surface area contributed by atoms with E-state index in [1.165, 1.54) is 25.7 Å². The average Bonchev–Trinajstić information content (AvgIpc) is 2.94. The van der Waals surface area contributed by atoms with Gasteiger partial charge in [0.1, 0.15) is 11.4 Å². The number of hydrogen-bond donors (Lipinski definition) is 2. The molecule has 2 aliphatic rings. The lowest BCUT2D eigenvalue weighted by atomic mass is 9.97. The summed E-state index contributed by atoms with van der Waals surface area (Å²) < 4.78 is 0. The molecule has 2 N–H and O–H groups in total. The van der Waals surface area contributed by atoms with E-state index in [0.717, 1.165) is 12.3 Å². The highest BCUT2D eigenvalue weighted by atomic mass is 16.4. The van der Waals surface area contributed by atoms with E-state index >= 15 is 0 Å². The summed E-state index contributed by atoms with van der Waals surface area (Å²) in [6.45, 7) is 0. The maximum atomic E-state index is 11.1. The van der Waals surface area contributed by atoms with Crippen LogP contribution in [0.4, 0.5) is 5.82 Å². The lowest BCUT2D eigenvalue weighted by Gasteiger charge is -2.21. The first kappa shape index (κ1) is 11.5. The molecule has 4 nitrogen and oxygen atoms in total. The first-order valence-corrected chi connectivity index (χ1v) is 6.70. The van der Waals surface area contributed by atoms with Crippen molar-refractivity contribution < 1.29 is 9.90 Å². The van der Waals surface area contributed by atoms with Gasteiger partial charge in [-0.3, -0.25) is 0 Å². The Hall–Kier alpha value is -1.58. The highest BCUT2D eigenvalue weighted by molar-refractivity contribution is 5.93. The standard InChI is InChI=1S/C14H18N2O2/c17-14(18)11-5-2-8-15-13(11)16-12-7-6-9-3-1-4-10(9)12/h2,5,8-10,12H,1,3-4,6-7H2,(H,15,16)(H,17,18)/t9-,10-,12-/m1/s1. The van der Waals surface area contributed by atoms with Gasteiger partial charge in [0.25, 0.3) is 0 Å². The minimum absolute atomic E-state index is 0.277. The van der Waals surface area contributed by atoms with Gasteiger partial charge in [0.15, 0.2) is 0 Å². The molecule has 0 amide bonds. The Morgan fingerprint density at radius 3 is 3.06 bits per heavy atom. The topological polar surface area (TPSA) is 62.2 Å². The van der Waals surface area contributed by atoms with Crippen LogP contribution < -0.4 is 5.32 Å². The fourth-order valence-electron chi connectivity index (χ4n) is 3.61. The normalized spacial score (nSPS) is 30.1. The minimum atomic E-state index is -0.911. The molecule has 0 saturated heterocycles. The third-order valence-corrected chi connectivity index (χ3v) is 4.44. The van der Waals surface area contributed by atoms with Crippen molar-refractivity contribution in [1.82, 2.24) is 4.98 Å². The van der Waals surface area contributed by atoms with Gasteiger partial charge < -0.3 is 10.4 Å². The van der Waals surface area contributed by atoms with Crippen LogP contribution in [0, 0.1) is 11.8 Å². The lowest BCUT2D eigenvalue weighted by Crippen LogP contribution is -2.26. The van der Waals surface area contributed by atoms with Crippen molar-refractivity contribution in [2.45, 2.75) is 38.1 Å². The summed E-state index contributed by atoms with van der Waals surface area (Å²) in [5.74, 6) is 1.18. The molecular weight excluding hydrogens is 228 g/mol. The maximum Gasteiger partial charge on any atom is 0.339 e. The zero-order valence-electron chi connectivity index (χ0n) is 10.3. The van der Waals surface area contributed by atoms with Crippen LogP contribution in [0.2, 0.25) is 0 Å². The fourth-order valence-corrected chi connectivity index (χ4v) is 3.61. The first-order chi connectivity index (χ1) is 8.75. The monoisotopic (exact) mass is 246 g/mol. The summed E-state index contributed by atoms with van der Waals surface area (Å²) in [6, 6.07) is 3.69. The molecule has 2 aliphatic carbocycles. The van der Waals surface area contributed by atoms with Crippen molar-refractivity contribution in [3.63, 3.8) is 0 Å². The summed E-state index contributed by atoms with van der Waals surface area (Å²) >= 11 is 0. The van der Waals surface area contributed by atoms with Crippen LogP contribution in [-0.2, 0) is 0 Å². The Balaban J connectivity index is 1.78. The predicted octanol–water partition coefficient (Wildman–Crippen LogP) is 2.77.